The maximum Gasteiger partial charge on any atom is 0.145 e. The summed E-state index contributed by atoms with van der Waals surface area (Å²) in [6.07, 6.45) is 0.766. The van der Waals surface area contributed by atoms with E-state index in [2.05, 4.69) is 27.2 Å². The Labute approximate surface area is 102 Å². The van der Waals surface area contributed by atoms with E-state index in [0.717, 1.165) is 31.0 Å². The standard InChI is InChI=1S/C11H21N5O/c1-3-16(5-4-6-17)8-11-13-9(2)7-10(14-11)15-12/h7,17H,3-6,8,12H2,1-2H3,(H,13,14,15). The Hall–Kier alpha value is -1.24. The summed E-state index contributed by atoms with van der Waals surface area (Å²) in [6.45, 7) is 6.62. The highest BCUT2D eigenvalue weighted by molar-refractivity contribution is 5.33. The topological polar surface area (TPSA) is 87.3 Å². The highest BCUT2D eigenvalue weighted by Crippen LogP contribution is 2.07. The fourth-order valence-electron chi connectivity index (χ4n) is 1.62. The maximum atomic E-state index is 8.82. The summed E-state index contributed by atoms with van der Waals surface area (Å²) < 4.78 is 0. The molecule has 6 nitrogen and oxygen atoms in total. The summed E-state index contributed by atoms with van der Waals surface area (Å²) in [7, 11) is 0. The molecule has 0 aliphatic carbocycles. The summed E-state index contributed by atoms with van der Waals surface area (Å²) >= 11 is 0. The minimum Gasteiger partial charge on any atom is -0.396 e. The number of hydrazine groups is 1. The van der Waals surface area contributed by atoms with E-state index in [0.29, 0.717) is 12.4 Å². The van der Waals surface area contributed by atoms with Crippen LogP contribution in [0, 0.1) is 6.92 Å². The van der Waals surface area contributed by atoms with Gasteiger partial charge in [-0.15, -0.1) is 0 Å². The van der Waals surface area contributed by atoms with E-state index in [-0.39, 0.29) is 6.61 Å². The first-order valence-electron chi connectivity index (χ1n) is 5.84. The van der Waals surface area contributed by atoms with E-state index < -0.39 is 0 Å². The third-order valence-electron chi connectivity index (χ3n) is 2.49. The number of hydrogen-bond donors (Lipinski definition) is 3. The van der Waals surface area contributed by atoms with E-state index in [9.17, 15) is 0 Å². The van der Waals surface area contributed by atoms with Crippen molar-refractivity contribution >= 4 is 5.82 Å². The molecule has 0 aliphatic rings. The van der Waals surface area contributed by atoms with Crippen molar-refractivity contribution in [3.63, 3.8) is 0 Å². The molecule has 0 aliphatic heterocycles. The minimum absolute atomic E-state index is 0.209. The van der Waals surface area contributed by atoms with Crippen molar-refractivity contribution in [3.8, 4) is 0 Å². The molecule has 0 unspecified atom stereocenters. The van der Waals surface area contributed by atoms with Crippen molar-refractivity contribution in [2.24, 2.45) is 5.84 Å². The lowest BCUT2D eigenvalue weighted by molar-refractivity contribution is 0.222. The van der Waals surface area contributed by atoms with Crippen molar-refractivity contribution < 1.29 is 5.11 Å². The molecule has 0 fully saturated rings. The fourth-order valence-corrected chi connectivity index (χ4v) is 1.62. The van der Waals surface area contributed by atoms with Crippen LogP contribution in [0.15, 0.2) is 6.07 Å². The Morgan fingerprint density at radius 1 is 1.47 bits per heavy atom. The first kappa shape index (κ1) is 13.8. The number of rotatable bonds is 7. The SMILES string of the molecule is CCN(CCCO)Cc1nc(C)cc(NN)n1. The maximum absolute atomic E-state index is 8.82. The van der Waals surface area contributed by atoms with Crippen LogP contribution in [0.1, 0.15) is 24.9 Å². The van der Waals surface area contributed by atoms with Crippen LogP contribution in [0.25, 0.3) is 0 Å². The molecular formula is C11H21N5O. The second kappa shape index (κ2) is 7.16. The average molecular weight is 239 g/mol. The smallest absolute Gasteiger partial charge is 0.145 e. The number of nitrogen functional groups attached to an aromatic ring is 1. The van der Waals surface area contributed by atoms with Crippen LogP contribution in [0.4, 0.5) is 5.82 Å². The largest absolute Gasteiger partial charge is 0.396 e. The normalized spacial score (nSPS) is 10.9. The quantitative estimate of drug-likeness (QED) is 0.468. The molecule has 0 radical (unpaired) electrons. The molecule has 0 saturated heterocycles. The fraction of sp³-hybridized carbons (Fsp3) is 0.636. The zero-order valence-corrected chi connectivity index (χ0v) is 10.5. The lowest BCUT2D eigenvalue weighted by Gasteiger charge is -2.19. The van der Waals surface area contributed by atoms with Crippen molar-refractivity contribution in [1.82, 2.24) is 14.9 Å². The first-order valence-corrected chi connectivity index (χ1v) is 5.84. The summed E-state index contributed by atoms with van der Waals surface area (Å²) in [6, 6.07) is 1.80. The van der Waals surface area contributed by atoms with Gasteiger partial charge in [0.25, 0.3) is 0 Å². The third kappa shape index (κ3) is 4.64. The van der Waals surface area contributed by atoms with Crippen LogP contribution in [-0.4, -0.2) is 39.7 Å². The summed E-state index contributed by atoms with van der Waals surface area (Å²) in [5.74, 6) is 6.72. The van der Waals surface area contributed by atoms with Gasteiger partial charge in [-0.1, -0.05) is 6.92 Å². The third-order valence-corrected chi connectivity index (χ3v) is 2.49. The number of aromatic nitrogens is 2. The molecule has 1 aromatic heterocycles. The van der Waals surface area contributed by atoms with Crippen molar-refractivity contribution in [3.05, 3.63) is 17.6 Å². The average Bonchev–Trinajstić information content (AvgIpc) is 2.33. The van der Waals surface area contributed by atoms with Crippen LogP contribution in [0.5, 0.6) is 0 Å². The van der Waals surface area contributed by atoms with Gasteiger partial charge >= 0.3 is 0 Å². The zero-order chi connectivity index (χ0) is 12.7. The molecule has 4 N–H and O–H groups in total. The Morgan fingerprint density at radius 3 is 2.82 bits per heavy atom. The van der Waals surface area contributed by atoms with E-state index >= 15 is 0 Å². The van der Waals surface area contributed by atoms with Crippen LogP contribution in [0.2, 0.25) is 0 Å². The Morgan fingerprint density at radius 2 is 2.24 bits per heavy atom. The number of hydrogen-bond acceptors (Lipinski definition) is 6. The van der Waals surface area contributed by atoms with Crippen LogP contribution in [-0.2, 0) is 6.54 Å². The second-order valence-corrected chi connectivity index (χ2v) is 3.90. The molecule has 6 heteroatoms. The van der Waals surface area contributed by atoms with E-state index in [4.69, 9.17) is 10.9 Å². The molecule has 0 spiro atoms. The van der Waals surface area contributed by atoms with Gasteiger partial charge in [0.2, 0.25) is 0 Å². The lowest BCUT2D eigenvalue weighted by atomic mass is 10.3. The molecule has 1 heterocycles. The number of nitrogens with one attached hydrogen (secondary N) is 1. The van der Waals surface area contributed by atoms with Crippen LogP contribution < -0.4 is 11.3 Å². The number of aryl methyl sites for hydroxylation is 1. The van der Waals surface area contributed by atoms with Gasteiger partial charge in [0.05, 0.1) is 6.54 Å². The Balaban J connectivity index is 2.68. The Kier molecular flexibility index (Phi) is 5.82. The first-order chi connectivity index (χ1) is 8.19. The van der Waals surface area contributed by atoms with Gasteiger partial charge in [-0.25, -0.2) is 15.8 Å². The molecule has 96 valence electrons. The molecular weight excluding hydrogens is 218 g/mol. The highest BCUT2D eigenvalue weighted by atomic mass is 16.3. The van der Waals surface area contributed by atoms with Crippen molar-refractivity contribution in [1.29, 1.82) is 0 Å². The zero-order valence-electron chi connectivity index (χ0n) is 10.5. The monoisotopic (exact) mass is 239 g/mol. The summed E-state index contributed by atoms with van der Waals surface area (Å²) in [5, 5.41) is 8.82. The number of anilines is 1. The number of aliphatic hydroxyl groups excluding tert-OH is 1. The highest BCUT2D eigenvalue weighted by Gasteiger charge is 2.07. The molecule has 1 aromatic rings. The number of nitrogens with two attached hydrogens (primary N) is 1. The summed E-state index contributed by atoms with van der Waals surface area (Å²) in [4.78, 5) is 10.8. The molecule has 0 aromatic carbocycles. The Bertz CT molecular complexity index is 345. The van der Waals surface area contributed by atoms with Gasteiger partial charge < -0.3 is 10.5 Å². The molecule has 0 atom stereocenters. The van der Waals surface area contributed by atoms with E-state index in [1.165, 1.54) is 0 Å². The molecule has 0 bridgehead atoms. The van der Waals surface area contributed by atoms with Gasteiger partial charge in [-0.2, -0.15) is 0 Å². The molecule has 0 amide bonds. The lowest BCUT2D eigenvalue weighted by Crippen LogP contribution is -2.26. The van der Waals surface area contributed by atoms with Crippen LogP contribution in [0.3, 0.4) is 0 Å². The van der Waals surface area contributed by atoms with Crippen molar-refractivity contribution in [2.45, 2.75) is 26.8 Å². The number of nitrogens with zero attached hydrogens (tertiary/aromatic N) is 3. The predicted octanol–water partition coefficient (Wildman–Crippen LogP) is 0.275. The number of aliphatic hydroxyl groups is 1. The molecule has 1 rings (SSSR count). The predicted molar refractivity (Wildman–Crippen MR) is 67.2 cm³/mol. The van der Waals surface area contributed by atoms with E-state index in [1.54, 1.807) is 6.07 Å². The molecule has 0 saturated carbocycles. The van der Waals surface area contributed by atoms with Gasteiger partial charge in [0.1, 0.15) is 11.6 Å². The van der Waals surface area contributed by atoms with Crippen LogP contribution >= 0.6 is 0 Å². The molecule has 17 heavy (non-hydrogen) atoms. The second-order valence-electron chi connectivity index (χ2n) is 3.90. The van der Waals surface area contributed by atoms with Gasteiger partial charge in [-0.3, -0.25) is 4.90 Å². The van der Waals surface area contributed by atoms with Crippen molar-refractivity contribution in [2.75, 3.05) is 25.1 Å². The van der Waals surface area contributed by atoms with E-state index in [1.807, 2.05) is 6.92 Å². The van der Waals surface area contributed by atoms with Gasteiger partial charge in [0, 0.05) is 24.9 Å². The minimum atomic E-state index is 0.209. The summed E-state index contributed by atoms with van der Waals surface area (Å²) in [5.41, 5.74) is 3.42. The van der Waals surface area contributed by atoms with Gasteiger partial charge in [-0.05, 0) is 19.9 Å². The van der Waals surface area contributed by atoms with Gasteiger partial charge in [0.15, 0.2) is 0 Å².